The molecule has 0 bridgehead atoms. The van der Waals surface area contributed by atoms with Gasteiger partial charge in [0.2, 0.25) is 5.91 Å². The van der Waals surface area contributed by atoms with Gasteiger partial charge in [0.15, 0.2) is 0 Å². The van der Waals surface area contributed by atoms with Crippen LogP contribution in [0.1, 0.15) is 33.1 Å². The molecule has 0 aliphatic heterocycles. The number of benzene rings is 1. The van der Waals surface area contributed by atoms with Crippen molar-refractivity contribution in [1.82, 2.24) is 0 Å². The molecule has 0 aliphatic rings. The van der Waals surface area contributed by atoms with Crippen LogP contribution in [0.5, 0.6) is 0 Å². The van der Waals surface area contributed by atoms with E-state index in [1.165, 1.54) is 0 Å². The lowest BCUT2D eigenvalue weighted by Crippen LogP contribution is -2.15. The average molecular weight is 319 g/mol. The first-order valence-electron chi connectivity index (χ1n) is 6.60. The van der Waals surface area contributed by atoms with Crippen LogP contribution in [0.15, 0.2) is 12.1 Å². The molecule has 1 aromatic carbocycles. The van der Waals surface area contributed by atoms with Crippen molar-refractivity contribution in [2.24, 2.45) is 0 Å². The van der Waals surface area contributed by atoms with Gasteiger partial charge in [0.25, 0.3) is 0 Å². The Hall–Kier alpha value is -0.970. The number of hydrogen-bond acceptors (Lipinski definition) is 3. The molecule has 1 unspecified atom stereocenters. The molecule has 3 N–H and O–H groups in total. The highest BCUT2D eigenvalue weighted by atomic mass is 35.5. The van der Waals surface area contributed by atoms with Crippen LogP contribution in [0, 0.1) is 0 Å². The predicted molar refractivity (Wildman–Crippen MR) is 84.4 cm³/mol. The summed E-state index contributed by atoms with van der Waals surface area (Å²) in [6.45, 7) is 4.63. The summed E-state index contributed by atoms with van der Waals surface area (Å²) in [4.78, 5) is 11.8. The molecule has 0 fully saturated rings. The maximum absolute atomic E-state index is 11.8. The van der Waals surface area contributed by atoms with Crippen LogP contribution in [0.25, 0.3) is 0 Å². The van der Waals surface area contributed by atoms with Crippen molar-refractivity contribution in [1.29, 1.82) is 0 Å². The van der Waals surface area contributed by atoms with Gasteiger partial charge in [-0.05, 0) is 31.9 Å². The molecular weight excluding hydrogens is 299 g/mol. The van der Waals surface area contributed by atoms with Gasteiger partial charge >= 0.3 is 0 Å². The number of carbonyl (C=O) groups excluding carboxylic acids is 1. The molecule has 20 heavy (non-hydrogen) atoms. The molecule has 0 spiro atoms. The molecule has 1 rings (SSSR count). The molecule has 0 radical (unpaired) electrons. The SMILES string of the molecule is CCC(C)OCCCC(=O)Nc1c(N)cc(Cl)cc1Cl. The molecule has 1 aromatic rings. The molecule has 1 amide bonds. The van der Waals surface area contributed by atoms with Crippen LogP contribution in [0.2, 0.25) is 10.0 Å². The van der Waals surface area contributed by atoms with Gasteiger partial charge in [-0.15, -0.1) is 0 Å². The smallest absolute Gasteiger partial charge is 0.224 e. The molecule has 0 heterocycles. The van der Waals surface area contributed by atoms with Crippen LogP contribution in [-0.4, -0.2) is 18.6 Å². The molecule has 0 aliphatic carbocycles. The number of anilines is 2. The van der Waals surface area contributed by atoms with E-state index < -0.39 is 0 Å². The summed E-state index contributed by atoms with van der Waals surface area (Å²) < 4.78 is 5.51. The maximum atomic E-state index is 11.8. The zero-order chi connectivity index (χ0) is 15.1. The number of ether oxygens (including phenoxy) is 1. The Kier molecular flexibility index (Phi) is 7.13. The minimum Gasteiger partial charge on any atom is -0.397 e. The quantitative estimate of drug-likeness (QED) is 0.587. The number of halogens is 2. The molecule has 0 saturated carbocycles. The van der Waals surface area contributed by atoms with E-state index in [0.717, 1.165) is 6.42 Å². The summed E-state index contributed by atoms with van der Waals surface area (Å²) in [5.74, 6) is -0.145. The summed E-state index contributed by atoms with van der Waals surface area (Å²) in [6.07, 6.45) is 2.19. The van der Waals surface area contributed by atoms with Gasteiger partial charge in [-0.25, -0.2) is 0 Å². The fraction of sp³-hybridized carbons (Fsp3) is 0.500. The van der Waals surface area contributed by atoms with Crippen LogP contribution in [0.3, 0.4) is 0 Å². The number of carbonyl (C=O) groups is 1. The van der Waals surface area contributed by atoms with Crippen LogP contribution < -0.4 is 11.1 Å². The molecule has 6 heteroatoms. The van der Waals surface area contributed by atoms with Gasteiger partial charge < -0.3 is 15.8 Å². The van der Waals surface area contributed by atoms with Crippen molar-refractivity contribution in [3.63, 3.8) is 0 Å². The van der Waals surface area contributed by atoms with E-state index in [4.69, 9.17) is 33.7 Å². The molecule has 0 aromatic heterocycles. The topological polar surface area (TPSA) is 64.3 Å². The van der Waals surface area contributed by atoms with E-state index in [1.807, 2.05) is 6.92 Å². The van der Waals surface area contributed by atoms with Gasteiger partial charge in [0.1, 0.15) is 0 Å². The minimum absolute atomic E-state index is 0.145. The van der Waals surface area contributed by atoms with Crippen molar-refractivity contribution in [2.75, 3.05) is 17.7 Å². The van der Waals surface area contributed by atoms with Crippen LogP contribution >= 0.6 is 23.2 Å². The number of nitrogens with one attached hydrogen (secondary N) is 1. The lowest BCUT2D eigenvalue weighted by Gasteiger charge is -2.12. The Morgan fingerprint density at radius 3 is 2.75 bits per heavy atom. The molecule has 1 atom stereocenters. The summed E-state index contributed by atoms with van der Waals surface area (Å²) in [6, 6.07) is 3.09. The summed E-state index contributed by atoms with van der Waals surface area (Å²) in [7, 11) is 0. The van der Waals surface area contributed by atoms with Crippen molar-refractivity contribution in [3.8, 4) is 0 Å². The average Bonchev–Trinajstić information content (AvgIpc) is 2.38. The Morgan fingerprint density at radius 2 is 2.15 bits per heavy atom. The number of nitrogen functional groups attached to an aromatic ring is 1. The fourth-order valence-corrected chi connectivity index (χ4v) is 2.12. The van der Waals surface area contributed by atoms with Gasteiger partial charge in [-0.2, -0.15) is 0 Å². The van der Waals surface area contributed by atoms with E-state index in [0.29, 0.717) is 40.9 Å². The third-order valence-electron chi connectivity index (χ3n) is 2.88. The molecule has 112 valence electrons. The third-order valence-corrected chi connectivity index (χ3v) is 3.39. The first-order chi connectivity index (χ1) is 9.43. The Bertz CT molecular complexity index is 443. The van der Waals surface area contributed by atoms with Crippen LogP contribution in [-0.2, 0) is 9.53 Å². The highest BCUT2D eigenvalue weighted by molar-refractivity contribution is 6.37. The first kappa shape index (κ1) is 17.1. The van der Waals surface area contributed by atoms with E-state index in [-0.39, 0.29) is 12.0 Å². The van der Waals surface area contributed by atoms with Crippen molar-refractivity contribution < 1.29 is 9.53 Å². The predicted octanol–water partition coefficient (Wildman–Crippen LogP) is 4.11. The number of hydrogen-bond donors (Lipinski definition) is 2. The first-order valence-corrected chi connectivity index (χ1v) is 7.35. The fourth-order valence-electron chi connectivity index (χ4n) is 1.56. The zero-order valence-electron chi connectivity index (χ0n) is 11.7. The lowest BCUT2D eigenvalue weighted by molar-refractivity contribution is -0.116. The van der Waals surface area contributed by atoms with Gasteiger partial charge in [0.05, 0.1) is 22.5 Å². The van der Waals surface area contributed by atoms with E-state index in [9.17, 15) is 4.79 Å². The van der Waals surface area contributed by atoms with Gasteiger partial charge in [-0.1, -0.05) is 30.1 Å². The van der Waals surface area contributed by atoms with Crippen LogP contribution in [0.4, 0.5) is 11.4 Å². The number of nitrogens with two attached hydrogens (primary N) is 1. The van der Waals surface area contributed by atoms with E-state index in [1.54, 1.807) is 12.1 Å². The van der Waals surface area contributed by atoms with Crippen molar-refractivity contribution in [3.05, 3.63) is 22.2 Å². The lowest BCUT2D eigenvalue weighted by atomic mass is 10.2. The highest BCUT2D eigenvalue weighted by Gasteiger charge is 2.10. The summed E-state index contributed by atoms with van der Waals surface area (Å²) in [5, 5.41) is 3.47. The summed E-state index contributed by atoms with van der Waals surface area (Å²) >= 11 is 11.8. The third kappa shape index (κ3) is 5.57. The van der Waals surface area contributed by atoms with Crippen molar-refractivity contribution >= 4 is 40.5 Å². The molecule has 4 nitrogen and oxygen atoms in total. The maximum Gasteiger partial charge on any atom is 0.224 e. The second kappa shape index (κ2) is 8.35. The number of amides is 1. The normalized spacial score (nSPS) is 12.2. The van der Waals surface area contributed by atoms with E-state index >= 15 is 0 Å². The summed E-state index contributed by atoms with van der Waals surface area (Å²) in [5.41, 5.74) is 6.53. The molecular formula is C14H20Cl2N2O2. The second-order valence-corrected chi connectivity index (χ2v) is 5.44. The van der Waals surface area contributed by atoms with E-state index in [2.05, 4.69) is 12.2 Å². The Balaban J connectivity index is 2.43. The Labute approximate surface area is 129 Å². The standard InChI is InChI=1S/C14H20Cl2N2O2/c1-3-9(2)20-6-4-5-13(19)18-14-11(16)7-10(15)8-12(14)17/h7-9H,3-6,17H2,1-2H3,(H,18,19). The van der Waals surface area contributed by atoms with Gasteiger partial charge in [-0.3, -0.25) is 4.79 Å². The van der Waals surface area contributed by atoms with Crippen molar-refractivity contribution in [2.45, 2.75) is 39.2 Å². The monoisotopic (exact) mass is 318 g/mol. The Morgan fingerprint density at radius 1 is 1.45 bits per heavy atom. The minimum atomic E-state index is -0.145. The second-order valence-electron chi connectivity index (χ2n) is 4.59. The molecule has 0 saturated heterocycles. The number of rotatable bonds is 7. The largest absolute Gasteiger partial charge is 0.397 e. The zero-order valence-corrected chi connectivity index (χ0v) is 13.2. The van der Waals surface area contributed by atoms with Gasteiger partial charge in [0, 0.05) is 18.1 Å². The highest BCUT2D eigenvalue weighted by Crippen LogP contribution is 2.32.